The van der Waals surface area contributed by atoms with E-state index in [9.17, 15) is 14.4 Å². The largest absolute Gasteiger partial charge is 0.489 e. The van der Waals surface area contributed by atoms with Crippen molar-refractivity contribution in [3.63, 3.8) is 0 Å². The highest BCUT2D eigenvalue weighted by Gasteiger charge is 2.39. The number of methoxy groups -OCH3 is 1. The normalized spacial score (nSPS) is 30.2. The molecule has 0 spiro atoms. The van der Waals surface area contributed by atoms with Crippen LogP contribution in [0.5, 0.6) is 5.75 Å². The molecule has 3 fully saturated rings. The minimum Gasteiger partial charge on any atom is -0.489 e. The first-order chi connectivity index (χ1) is 17.4. The van der Waals surface area contributed by atoms with Gasteiger partial charge < -0.3 is 14.4 Å². The smallest absolute Gasteiger partial charge is 0.255 e. The number of likely N-dealkylation sites (tertiary alicyclic amines) is 1. The summed E-state index contributed by atoms with van der Waals surface area (Å²) in [6, 6.07) is 5.43. The molecule has 4 aliphatic rings. The summed E-state index contributed by atoms with van der Waals surface area (Å²) in [5.74, 6) is 0.689. The van der Waals surface area contributed by atoms with Gasteiger partial charge in [-0.15, -0.1) is 0 Å². The van der Waals surface area contributed by atoms with Crippen molar-refractivity contribution in [1.29, 1.82) is 0 Å². The number of amides is 3. The summed E-state index contributed by atoms with van der Waals surface area (Å²) in [4.78, 5) is 41.0. The molecule has 3 aliphatic heterocycles. The number of carbonyl (C=O) groups excluding carboxylic acids is 3. The summed E-state index contributed by atoms with van der Waals surface area (Å²) in [5, 5.41) is 2.36. The molecule has 1 N–H and O–H groups in total. The third-order valence-electron chi connectivity index (χ3n) is 8.64. The van der Waals surface area contributed by atoms with Crippen LogP contribution in [0, 0.1) is 5.92 Å². The van der Waals surface area contributed by atoms with Crippen LogP contribution in [0.15, 0.2) is 18.2 Å². The van der Waals surface area contributed by atoms with Gasteiger partial charge in [-0.3, -0.25) is 24.6 Å². The van der Waals surface area contributed by atoms with E-state index in [1.54, 1.807) is 4.90 Å². The van der Waals surface area contributed by atoms with Gasteiger partial charge >= 0.3 is 0 Å². The summed E-state index contributed by atoms with van der Waals surface area (Å²) in [6.45, 7) is 4.79. The van der Waals surface area contributed by atoms with Crippen molar-refractivity contribution in [2.75, 3.05) is 20.2 Å². The quantitative estimate of drug-likeness (QED) is 0.582. The fourth-order valence-electron chi connectivity index (χ4n) is 6.57. The highest BCUT2D eigenvalue weighted by Crippen LogP contribution is 2.33. The van der Waals surface area contributed by atoms with Crippen LogP contribution in [0.2, 0.25) is 0 Å². The third kappa shape index (κ3) is 5.30. The Labute approximate surface area is 213 Å². The van der Waals surface area contributed by atoms with Crippen molar-refractivity contribution < 1.29 is 23.9 Å². The van der Waals surface area contributed by atoms with Gasteiger partial charge in [0.05, 0.1) is 6.10 Å². The van der Waals surface area contributed by atoms with Crippen LogP contribution in [0.3, 0.4) is 0 Å². The first-order valence-corrected chi connectivity index (χ1v) is 13.6. The lowest BCUT2D eigenvalue weighted by atomic mass is 9.85. The van der Waals surface area contributed by atoms with Crippen LogP contribution in [-0.2, 0) is 20.9 Å². The van der Waals surface area contributed by atoms with Gasteiger partial charge in [-0.25, -0.2) is 0 Å². The van der Waals surface area contributed by atoms with Crippen LogP contribution >= 0.6 is 0 Å². The minimum absolute atomic E-state index is 0.0435. The molecule has 3 heterocycles. The van der Waals surface area contributed by atoms with E-state index in [1.807, 2.05) is 25.3 Å². The molecule has 0 aromatic heterocycles. The molecule has 1 aromatic carbocycles. The maximum Gasteiger partial charge on any atom is 0.255 e. The Hall–Kier alpha value is -2.45. The van der Waals surface area contributed by atoms with E-state index < -0.39 is 6.04 Å². The fraction of sp³-hybridized carbons (Fsp3) is 0.679. The maximum atomic E-state index is 13.0. The van der Waals surface area contributed by atoms with E-state index in [-0.39, 0.29) is 30.2 Å². The second-order valence-corrected chi connectivity index (χ2v) is 11.0. The molecule has 196 valence electrons. The van der Waals surface area contributed by atoms with E-state index in [0.29, 0.717) is 30.7 Å². The molecule has 3 amide bonds. The van der Waals surface area contributed by atoms with Gasteiger partial charge in [-0.05, 0) is 88.1 Å². The summed E-state index contributed by atoms with van der Waals surface area (Å²) in [5.41, 5.74) is 1.50. The van der Waals surface area contributed by atoms with E-state index in [2.05, 4.69) is 17.1 Å². The second kappa shape index (κ2) is 10.9. The van der Waals surface area contributed by atoms with Crippen LogP contribution in [0.4, 0.5) is 0 Å². The molecule has 5 rings (SSSR count). The van der Waals surface area contributed by atoms with Crippen LogP contribution in [0.1, 0.15) is 80.6 Å². The van der Waals surface area contributed by atoms with Crippen LogP contribution in [0.25, 0.3) is 0 Å². The molecule has 2 saturated heterocycles. The summed E-state index contributed by atoms with van der Waals surface area (Å²) < 4.78 is 12.0. The number of piperidine rings is 2. The van der Waals surface area contributed by atoms with Crippen LogP contribution in [-0.4, -0.2) is 72.0 Å². The molecule has 1 unspecified atom stereocenters. The predicted octanol–water partition coefficient (Wildman–Crippen LogP) is 3.27. The zero-order valence-electron chi connectivity index (χ0n) is 21.5. The van der Waals surface area contributed by atoms with Crippen LogP contribution < -0.4 is 10.1 Å². The highest BCUT2D eigenvalue weighted by atomic mass is 16.5. The molecule has 1 aliphatic carbocycles. The fourth-order valence-corrected chi connectivity index (χ4v) is 6.57. The molecule has 8 heteroatoms. The number of imide groups is 1. The molecule has 1 saturated carbocycles. The monoisotopic (exact) mass is 497 g/mol. The van der Waals surface area contributed by atoms with E-state index >= 15 is 0 Å². The second-order valence-electron chi connectivity index (χ2n) is 11.0. The summed E-state index contributed by atoms with van der Waals surface area (Å²) >= 11 is 0. The number of nitrogens with zero attached hydrogens (tertiary/aromatic N) is 2. The summed E-state index contributed by atoms with van der Waals surface area (Å²) in [6.07, 6.45) is 9.51. The van der Waals surface area contributed by atoms with Gasteiger partial charge in [0.25, 0.3) is 5.91 Å². The third-order valence-corrected chi connectivity index (χ3v) is 8.64. The lowest BCUT2D eigenvalue weighted by Gasteiger charge is -2.41. The van der Waals surface area contributed by atoms with Crippen molar-refractivity contribution in [2.24, 2.45) is 5.92 Å². The Balaban J connectivity index is 1.21. The number of fused-ring (bicyclic) bond motifs is 1. The van der Waals surface area contributed by atoms with Crippen molar-refractivity contribution in [1.82, 2.24) is 15.1 Å². The minimum atomic E-state index is -0.597. The zero-order valence-corrected chi connectivity index (χ0v) is 21.5. The molecule has 1 aromatic rings. The van der Waals surface area contributed by atoms with Crippen molar-refractivity contribution in [3.05, 3.63) is 29.3 Å². The Morgan fingerprint density at radius 1 is 1.06 bits per heavy atom. The molecule has 3 atom stereocenters. The Morgan fingerprint density at radius 3 is 2.61 bits per heavy atom. The lowest BCUT2D eigenvalue weighted by Crippen LogP contribution is -2.52. The maximum absolute atomic E-state index is 13.0. The molecule has 36 heavy (non-hydrogen) atoms. The predicted molar refractivity (Wildman–Crippen MR) is 135 cm³/mol. The number of rotatable bonds is 7. The topological polar surface area (TPSA) is 88.2 Å². The number of hydrogen-bond donors (Lipinski definition) is 1. The van der Waals surface area contributed by atoms with Gasteiger partial charge in [0, 0.05) is 38.2 Å². The molecular weight excluding hydrogens is 458 g/mol. The number of hydrogen-bond acceptors (Lipinski definition) is 6. The molecule has 0 bridgehead atoms. The van der Waals surface area contributed by atoms with Gasteiger partial charge in [0.15, 0.2) is 0 Å². The highest BCUT2D eigenvalue weighted by molar-refractivity contribution is 6.05. The van der Waals surface area contributed by atoms with Crippen molar-refractivity contribution in [2.45, 2.75) is 95.5 Å². The first-order valence-electron chi connectivity index (χ1n) is 13.6. The Kier molecular flexibility index (Phi) is 7.62. The van der Waals surface area contributed by atoms with E-state index in [0.717, 1.165) is 49.6 Å². The van der Waals surface area contributed by atoms with Crippen molar-refractivity contribution >= 4 is 17.7 Å². The first kappa shape index (κ1) is 25.2. The average molecular weight is 498 g/mol. The van der Waals surface area contributed by atoms with E-state index in [1.165, 1.54) is 25.7 Å². The van der Waals surface area contributed by atoms with Gasteiger partial charge in [-0.2, -0.15) is 0 Å². The zero-order chi connectivity index (χ0) is 25.2. The number of nitrogens with one attached hydrogen (secondary N) is 1. The Bertz CT molecular complexity index is 989. The number of carbonyl (C=O) groups is 3. The van der Waals surface area contributed by atoms with E-state index in [4.69, 9.17) is 9.47 Å². The molecule has 8 nitrogen and oxygen atoms in total. The lowest BCUT2D eigenvalue weighted by molar-refractivity contribution is -0.136. The van der Waals surface area contributed by atoms with Crippen molar-refractivity contribution in [3.8, 4) is 5.75 Å². The standard InChI is InChI=1S/C28H39N3O5/c1-18(24-5-3-4-14-30(24)16-19-6-8-21(35-2)9-7-19)36-22-10-11-23-20(15-22)17-31(28(23)34)25-12-13-26(32)29-27(25)33/h10-11,15,18-19,21,24-25H,3-9,12-14,16-17H2,1-2H3,(H,29,32,33)/t18-,19?,21?,24-,25?/m0/s1. The van der Waals surface area contributed by atoms with Gasteiger partial charge in [0.2, 0.25) is 11.8 Å². The van der Waals surface area contributed by atoms with Gasteiger partial charge in [-0.1, -0.05) is 6.42 Å². The van der Waals surface area contributed by atoms with Gasteiger partial charge in [0.1, 0.15) is 17.9 Å². The molecular formula is C28H39N3O5. The summed E-state index contributed by atoms with van der Waals surface area (Å²) in [7, 11) is 1.83. The number of benzene rings is 1. The number of ether oxygens (including phenoxy) is 2. The SMILES string of the molecule is COC1CCC(CN2CCCC[C@H]2[C@H](C)Oc2ccc3c(c2)CN(C2CCC(=O)NC2=O)C3=O)CC1. The average Bonchev–Trinajstić information content (AvgIpc) is 3.20. The molecule has 0 radical (unpaired) electrons. The Morgan fingerprint density at radius 2 is 1.86 bits per heavy atom.